The molecule has 0 bridgehead atoms. The molecule has 0 aromatic heterocycles. The van der Waals surface area contributed by atoms with Crippen molar-refractivity contribution in [2.75, 3.05) is 33.4 Å². The Balaban J connectivity index is 3.03. The summed E-state index contributed by atoms with van der Waals surface area (Å²) in [5.41, 5.74) is 5.75. The number of amides is 1. The van der Waals surface area contributed by atoms with Gasteiger partial charge in [0.1, 0.15) is 0 Å². The van der Waals surface area contributed by atoms with E-state index < -0.39 is 10.0 Å². The van der Waals surface area contributed by atoms with Crippen LogP contribution in [0.25, 0.3) is 0 Å². The molecular formula is C11H16ClN3O3S. The third kappa shape index (κ3) is 3.59. The number of anilines is 1. The Hall–Kier alpha value is -1.31. The minimum atomic E-state index is -3.76. The Morgan fingerprint density at radius 3 is 2.37 bits per heavy atom. The third-order valence-electron chi connectivity index (χ3n) is 2.53. The Kier molecular flexibility index (Phi) is 4.78. The van der Waals surface area contributed by atoms with Gasteiger partial charge in [0.2, 0.25) is 15.9 Å². The molecule has 0 fully saturated rings. The molecule has 0 saturated heterocycles. The summed E-state index contributed by atoms with van der Waals surface area (Å²) in [5, 5.41) is 0.283. The maximum absolute atomic E-state index is 12.2. The lowest BCUT2D eigenvalue weighted by molar-refractivity contribution is -0.128. The Morgan fingerprint density at radius 2 is 1.89 bits per heavy atom. The van der Waals surface area contributed by atoms with Crippen molar-refractivity contribution in [1.29, 1.82) is 0 Å². The molecule has 1 aromatic carbocycles. The van der Waals surface area contributed by atoms with Crippen molar-refractivity contribution in [2.45, 2.75) is 4.90 Å². The van der Waals surface area contributed by atoms with Crippen LogP contribution in [0, 0.1) is 0 Å². The fraction of sp³-hybridized carbons (Fsp3) is 0.364. The number of benzene rings is 1. The first-order valence-corrected chi connectivity index (χ1v) is 7.19. The van der Waals surface area contributed by atoms with Crippen LogP contribution < -0.4 is 5.73 Å². The van der Waals surface area contributed by atoms with Crippen LogP contribution in [0.1, 0.15) is 0 Å². The van der Waals surface area contributed by atoms with E-state index in [1.807, 2.05) is 0 Å². The lowest BCUT2D eigenvalue weighted by atomic mass is 10.3. The van der Waals surface area contributed by atoms with Gasteiger partial charge in [0.05, 0.1) is 22.2 Å². The van der Waals surface area contributed by atoms with E-state index in [2.05, 4.69) is 0 Å². The number of carbonyl (C=O) groups excluding carboxylic acids is 1. The summed E-state index contributed by atoms with van der Waals surface area (Å²) in [6.45, 7) is -0.238. The molecular weight excluding hydrogens is 290 g/mol. The molecule has 8 heteroatoms. The molecule has 106 valence electrons. The number of rotatable bonds is 4. The van der Waals surface area contributed by atoms with E-state index in [4.69, 9.17) is 17.3 Å². The maximum atomic E-state index is 12.2. The number of hydrogen-bond donors (Lipinski definition) is 1. The van der Waals surface area contributed by atoms with Gasteiger partial charge >= 0.3 is 0 Å². The van der Waals surface area contributed by atoms with Crippen LogP contribution >= 0.6 is 11.6 Å². The highest BCUT2D eigenvalue weighted by molar-refractivity contribution is 7.89. The van der Waals surface area contributed by atoms with Gasteiger partial charge in [0.15, 0.2) is 0 Å². The molecule has 19 heavy (non-hydrogen) atoms. The number of sulfonamides is 1. The molecule has 2 N–H and O–H groups in total. The van der Waals surface area contributed by atoms with E-state index in [0.29, 0.717) is 0 Å². The van der Waals surface area contributed by atoms with E-state index in [1.54, 1.807) is 14.1 Å². The standard InChI is InChI=1S/C11H16ClN3O3S/c1-14(2)11(16)7-15(3)19(17,18)8-4-5-9(12)10(13)6-8/h4-6H,7,13H2,1-3H3. The van der Waals surface area contributed by atoms with Crippen molar-refractivity contribution in [3.05, 3.63) is 23.2 Å². The van der Waals surface area contributed by atoms with Crippen LogP contribution in [0.5, 0.6) is 0 Å². The summed E-state index contributed by atoms with van der Waals surface area (Å²) in [6, 6.07) is 4.03. The number of halogens is 1. The van der Waals surface area contributed by atoms with Gasteiger partial charge in [-0.05, 0) is 18.2 Å². The summed E-state index contributed by atoms with van der Waals surface area (Å²) in [5.74, 6) is -0.312. The fourth-order valence-corrected chi connectivity index (χ4v) is 2.55. The number of carbonyl (C=O) groups is 1. The lowest BCUT2D eigenvalue weighted by Gasteiger charge is -2.19. The second kappa shape index (κ2) is 5.77. The lowest BCUT2D eigenvalue weighted by Crippen LogP contribution is -2.37. The van der Waals surface area contributed by atoms with Crippen LogP contribution in [-0.2, 0) is 14.8 Å². The Labute approximate surface area is 117 Å². The summed E-state index contributed by atoms with van der Waals surface area (Å²) < 4.78 is 25.4. The molecule has 6 nitrogen and oxygen atoms in total. The zero-order valence-corrected chi connectivity index (χ0v) is 12.5. The Morgan fingerprint density at radius 1 is 1.32 bits per heavy atom. The fourth-order valence-electron chi connectivity index (χ4n) is 1.28. The number of likely N-dealkylation sites (N-methyl/N-ethyl adjacent to an activating group) is 2. The predicted molar refractivity (Wildman–Crippen MR) is 74.4 cm³/mol. The van der Waals surface area contributed by atoms with Crippen LogP contribution in [0.3, 0.4) is 0 Å². The van der Waals surface area contributed by atoms with E-state index in [9.17, 15) is 13.2 Å². The number of nitrogens with zero attached hydrogens (tertiary/aromatic N) is 2. The molecule has 0 spiro atoms. The second-order valence-corrected chi connectivity index (χ2v) is 6.68. The molecule has 0 saturated carbocycles. The van der Waals surface area contributed by atoms with Gasteiger partial charge in [0, 0.05) is 21.1 Å². The summed E-state index contributed by atoms with van der Waals surface area (Å²) >= 11 is 5.74. The van der Waals surface area contributed by atoms with Crippen LogP contribution in [0.15, 0.2) is 23.1 Å². The largest absolute Gasteiger partial charge is 0.397 e. The first-order valence-electron chi connectivity index (χ1n) is 5.37. The van der Waals surface area contributed by atoms with Crippen LogP contribution in [-0.4, -0.2) is 51.2 Å². The number of nitrogens with two attached hydrogens (primary N) is 1. The first kappa shape index (κ1) is 15.7. The molecule has 1 rings (SSSR count). The summed E-state index contributed by atoms with van der Waals surface area (Å²) in [7, 11) is 0.692. The topological polar surface area (TPSA) is 83.7 Å². The molecule has 0 aliphatic carbocycles. The van der Waals surface area contributed by atoms with E-state index in [1.165, 1.54) is 30.1 Å². The second-order valence-electron chi connectivity index (χ2n) is 4.23. The average molecular weight is 306 g/mol. The molecule has 0 radical (unpaired) electrons. The summed E-state index contributed by atoms with van der Waals surface area (Å²) in [6.07, 6.45) is 0. The molecule has 0 atom stereocenters. The minimum absolute atomic E-state index is 0.00320. The minimum Gasteiger partial charge on any atom is -0.397 e. The molecule has 0 unspecified atom stereocenters. The van der Waals surface area contributed by atoms with Gasteiger partial charge < -0.3 is 10.6 Å². The monoisotopic (exact) mass is 305 g/mol. The first-order chi connectivity index (χ1) is 8.66. The molecule has 0 aliphatic heterocycles. The van der Waals surface area contributed by atoms with Gasteiger partial charge in [-0.2, -0.15) is 4.31 Å². The van der Waals surface area contributed by atoms with Crippen molar-refractivity contribution in [1.82, 2.24) is 9.21 Å². The smallest absolute Gasteiger partial charge is 0.243 e. The highest BCUT2D eigenvalue weighted by Gasteiger charge is 2.24. The quantitative estimate of drug-likeness (QED) is 0.827. The molecule has 0 heterocycles. The van der Waals surface area contributed by atoms with Gasteiger partial charge in [-0.15, -0.1) is 0 Å². The highest BCUT2D eigenvalue weighted by atomic mass is 35.5. The van der Waals surface area contributed by atoms with Crippen LogP contribution in [0.4, 0.5) is 5.69 Å². The van der Waals surface area contributed by atoms with E-state index >= 15 is 0 Å². The normalized spacial score (nSPS) is 11.6. The molecule has 0 aliphatic rings. The van der Waals surface area contributed by atoms with Crippen molar-refractivity contribution < 1.29 is 13.2 Å². The maximum Gasteiger partial charge on any atom is 0.243 e. The van der Waals surface area contributed by atoms with Crippen molar-refractivity contribution in [3.63, 3.8) is 0 Å². The average Bonchev–Trinajstić information content (AvgIpc) is 2.32. The predicted octanol–water partition coefficient (Wildman–Crippen LogP) is 0.631. The van der Waals surface area contributed by atoms with Gasteiger partial charge in [-0.1, -0.05) is 11.6 Å². The van der Waals surface area contributed by atoms with Crippen molar-refractivity contribution in [3.8, 4) is 0 Å². The van der Waals surface area contributed by atoms with Crippen molar-refractivity contribution in [2.24, 2.45) is 0 Å². The zero-order chi connectivity index (χ0) is 14.8. The Bertz CT molecular complexity index is 587. The van der Waals surface area contributed by atoms with E-state index in [-0.39, 0.29) is 28.1 Å². The van der Waals surface area contributed by atoms with Gasteiger partial charge in [-0.3, -0.25) is 4.79 Å². The summed E-state index contributed by atoms with van der Waals surface area (Å²) in [4.78, 5) is 12.9. The molecule has 1 amide bonds. The molecule has 1 aromatic rings. The van der Waals surface area contributed by atoms with Crippen molar-refractivity contribution >= 4 is 33.2 Å². The van der Waals surface area contributed by atoms with Crippen LogP contribution in [0.2, 0.25) is 5.02 Å². The highest BCUT2D eigenvalue weighted by Crippen LogP contribution is 2.23. The third-order valence-corrected chi connectivity index (χ3v) is 4.68. The number of hydrogen-bond acceptors (Lipinski definition) is 4. The zero-order valence-electron chi connectivity index (χ0n) is 10.9. The number of nitrogen functional groups attached to an aromatic ring is 1. The van der Waals surface area contributed by atoms with Gasteiger partial charge in [0.25, 0.3) is 0 Å². The van der Waals surface area contributed by atoms with E-state index in [0.717, 1.165) is 4.31 Å². The van der Waals surface area contributed by atoms with Gasteiger partial charge in [-0.25, -0.2) is 8.42 Å². The SMILES string of the molecule is CN(C)C(=O)CN(C)S(=O)(=O)c1ccc(Cl)c(N)c1.